The maximum absolute atomic E-state index is 11.6. The van der Waals surface area contributed by atoms with Crippen molar-refractivity contribution in [1.29, 1.82) is 0 Å². The third-order valence-electron chi connectivity index (χ3n) is 2.35. The van der Waals surface area contributed by atoms with Gasteiger partial charge in [-0.05, 0) is 19.1 Å². The minimum absolute atomic E-state index is 0.0176. The Balaban J connectivity index is 2.45. The van der Waals surface area contributed by atoms with E-state index in [1.54, 1.807) is 0 Å². The molecule has 1 aromatic rings. The fraction of sp³-hybridized carbons (Fsp3) is 0.286. The molecule has 0 aromatic heterocycles. The molecule has 1 atom stereocenters. The van der Waals surface area contributed by atoms with E-state index in [1.165, 1.54) is 11.8 Å². The lowest BCUT2D eigenvalue weighted by Gasteiger charge is -2.11. The number of carbonyl (C=O) groups is 2. The molecular weight excluding hydrogens is 262 g/mol. The Kier molecular flexibility index (Phi) is 5.97. The van der Waals surface area contributed by atoms with Gasteiger partial charge in [-0.15, -0.1) is 24.1 Å². The molecule has 1 aromatic carbocycles. The van der Waals surface area contributed by atoms with Gasteiger partial charge in [-0.2, -0.15) is 0 Å². The fourth-order valence-corrected chi connectivity index (χ4v) is 2.05. The number of carbonyl (C=O) groups excluding carboxylic acids is 1. The largest absolute Gasteiger partial charge is 0.480 e. The number of rotatable bonds is 6. The van der Waals surface area contributed by atoms with Crippen LogP contribution < -0.4 is 5.32 Å². The second kappa shape index (κ2) is 7.49. The number of benzene rings is 1. The second-order valence-electron chi connectivity index (χ2n) is 3.97. The maximum atomic E-state index is 11.6. The Hall–Kier alpha value is -1.93. The Labute approximate surface area is 116 Å². The lowest BCUT2D eigenvalue weighted by atomic mass is 10.2. The van der Waals surface area contributed by atoms with Gasteiger partial charge in [0.25, 0.3) is 0 Å². The minimum atomic E-state index is -1.12. The molecule has 0 spiro atoms. The smallest absolute Gasteiger partial charge is 0.327 e. The number of aliphatic carboxylic acids is 1. The van der Waals surface area contributed by atoms with Gasteiger partial charge < -0.3 is 10.4 Å². The summed E-state index contributed by atoms with van der Waals surface area (Å²) in [4.78, 5) is 23.4. The van der Waals surface area contributed by atoms with E-state index < -0.39 is 12.0 Å². The van der Waals surface area contributed by atoms with Crippen molar-refractivity contribution in [2.45, 2.75) is 24.3 Å². The summed E-state index contributed by atoms with van der Waals surface area (Å²) in [5.41, 5.74) is 1.15. The summed E-state index contributed by atoms with van der Waals surface area (Å²) >= 11 is 1.35. The van der Waals surface area contributed by atoms with Crippen LogP contribution in [0, 0.1) is 19.3 Å². The molecular formula is C14H15NO3S. The molecule has 1 unspecified atom stereocenters. The summed E-state index contributed by atoms with van der Waals surface area (Å²) in [5.74, 6) is 0.938. The molecule has 0 radical (unpaired) electrons. The number of terminal acetylenes is 1. The molecule has 1 amide bonds. The third-order valence-corrected chi connectivity index (χ3v) is 3.36. The number of hydrogen-bond acceptors (Lipinski definition) is 3. The normalized spacial score (nSPS) is 11.4. The number of nitrogens with one attached hydrogen (secondary N) is 1. The molecule has 0 heterocycles. The van der Waals surface area contributed by atoms with Gasteiger partial charge in [-0.3, -0.25) is 4.79 Å². The molecule has 0 saturated heterocycles. The first-order valence-corrected chi connectivity index (χ1v) is 6.66. The van der Waals surface area contributed by atoms with Crippen LogP contribution in [0.15, 0.2) is 29.2 Å². The van der Waals surface area contributed by atoms with Gasteiger partial charge in [0.05, 0.1) is 5.75 Å². The van der Waals surface area contributed by atoms with Crippen molar-refractivity contribution < 1.29 is 14.7 Å². The highest BCUT2D eigenvalue weighted by atomic mass is 32.2. The molecule has 4 nitrogen and oxygen atoms in total. The number of amides is 1. The zero-order chi connectivity index (χ0) is 14.3. The van der Waals surface area contributed by atoms with Crippen molar-refractivity contribution in [2.75, 3.05) is 5.75 Å². The molecule has 100 valence electrons. The minimum Gasteiger partial charge on any atom is -0.480 e. The fourth-order valence-electron chi connectivity index (χ4n) is 1.34. The van der Waals surface area contributed by atoms with E-state index in [-0.39, 0.29) is 18.1 Å². The summed E-state index contributed by atoms with van der Waals surface area (Å²) < 4.78 is 0. The molecule has 0 saturated carbocycles. The second-order valence-corrected chi connectivity index (χ2v) is 5.02. The summed E-state index contributed by atoms with van der Waals surface area (Å²) in [6.07, 6.45) is 5.03. The topological polar surface area (TPSA) is 66.4 Å². The number of aryl methyl sites for hydroxylation is 1. The van der Waals surface area contributed by atoms with Gasteiger partial charge in [0, 0.05) is 11.3 Å². The van der Waals surface area contributed by atoms with E-state index in [1.807, 2.05) is 31.2 Å². The first-order valence-electron chi connectivity index (χ1n) is 5.68. The van der Waals surface area contributed by atoms with Crippen molar-refractivity contribution in [3.8, 4) is 12.3 Å². The van der Waals surface area contributed by atoms with Crippen LogP contribution in [0.1, 0.15) is 12.0 Å². The van der Waals surface area contributed by atoms with E-state index in [2.05, 4.69) is 11.2 Å². The predicted octanol–water partition coefficient (Wildman–Crippen LogP) is 1.68. The van der Waals surface area contributed by atoms with Gasteiger partial charge in [-0.25, -0.2) is 4.79 Å². The number of carboxylic acid groups (broad SMARTS) is 1. The average molecular weight is 277 g/mol. The highest BCUT2D eigenvalue weighted by molar-refractivity contribution is 8.00. The van der Waals surface area contributed by atoms with E-state index >= 15 is 0 Å². The van der Waals surface area contributed by atoms with Crippen molar-refractivity contribution in [2.24, 2.45) is 0 Å². The van der Waals surface area contributed by atoms with Crippen LogP contribution in [0.5, 0.6) is 0 Å². The number of thioether (sulfide) groups is 1. The Morgan fingerprint density at radius 2 is 2.05 bits per heavy atom. The van der Waals surface area contributed by atoms with E-state index in [9.17, 15) is 9.59 Å². The van der Waals surface area contributed by atoms with Gasteiger partial charge in [0.15, 0.2) is 0 Å². The molecule has 0 aliphatic heterocycles. The van der Waals surface area contributed by atoms with Crippen molar-refractivity contribution in [3.05, 3.63) is 29.8 Å². The van der Waals surface area contributed by atoms with Gasteiger partial charge in [0.2, 0.25) is 5.91 Å². The standard InChI is InChI=1S/C14H15NO3S/c1-3-4-12(14(17)18)15-13(16)9-19-11-7-5-10(2)6-8-11/h1,5-8,12H,4,9H2,2H3,(H,15,16)(H,17,18). The molecule has 0 aliphatic rings. The zero-order valence-corrected chi connectivity index (χ0v) is 11.4. The molecule has 0 fully saturated rings. The van der Waals surface area contributed by atoms with Crippen LogP contribution in [0.4, 0.5) is 0 Å². The highest BCUT2D eigenvalue weighted by Gasteiger charge is 2.18. The molecule has 0 bridgehead atoms. The van der Waals surface area contributed by atoms with Crippen LogP contribution >= 0.6 is 11.8 Å². The van der Waals surface area contributed by atoms with Crippen LogP contribution in [-0.4, -0.2) is 28.8 Å². The lowest BCUT2D eigenvalue weighted by Crippen LogP contribution is -2.41. The average Bonchev–Trinajstić information content (AvgIpc) is 2.37. The first-order chi connectivity index (χ1) is 9.02. The lowest BCUT2D eigenvalue weighted by molar-refractivity contribution is -0.141. The monoisotopic (exact) mass is 277 g/mol. The molecule has 1 rings (SSSR count). The molecule has 2 N–H and O–H groups in total. The summed E-state index contributed by atoms with van der Waals surface area (Å²) in [6.45, 7) is 1.98. The Bertz CT molecular complexity index is 490. The van der Waals surface area contributed by atoms with Gasteiger partial charge >= 0.3 is 5.97 Å². The summed E-state index contributed by atoms with van der Waals surface area (Å²) in [5, 5.41) is 11.2. The van der Waals surface area contributed by atoms with E-state index in [0.29, 0.717) is 0 Å². The quantitative estimate of drug-likeness (QED) is 0.613. The highest BCUT2D eigenvalue weighted by Crippen LogP contribution is 2.17. The summed E-state index contributed by atoms with van der Waals surface area (Å²) in [6, 6.07) is 6.74. The van der Waals surface area contributed by atoms with Crippen LogP contribution in [0.2, 0.25) is 0 Å². The number of hydrogen-bond donors (Lipinski definition) is 2. The SMILES string of the molecule is C#CCC(NC(=O)CSc1ccc(C)cc1)C(=O)O. The van der Waals surface area contributed by atoms with E-state index in [4.69, 9.17) is 11.5 Å². The summed E-state index contributed by atoms with van der Waals surface area (Å²) in [7, 11) is 0. The van der Waals surface area contributed by atoms with Gasteiger partial charge in [-0.1, -0.05) is 17.7 Å². The van der Waals surface area contributed by atoms with Crippen LogP contribution in [0.3, 0.4) is 0 Å². The Morgan fingerprint density at radius 3 is 2.58 bits per heavy atom. The van der Waals surface area contributed by atoms with Crippen LogP contribution in [0.25, 0.3) is 0 Å². The van der Waals surface area contributed by atoms with Gasteiger partial charge in [0.1, 0.15) is 6.04 Å². The zero-order valence-electron chi connectivity index (χ0n) is 10.6. The molecule has 19 heavy (non-hydrogen) atoms. The van der Waals surface area contributed by atoms with Crippen molar-refractivity contribution in [3.63, 3.8) is 0 Å². The maximum Gasteiger partial charge on any atom is 0.327 e. The molecule has 0 aliphatic carbocycles. The van der Waals surface area contributed by atoms with Crippen LogP contribution in [-0.2, 0) is 9.59 Å². The third kappa shape index (κ3) is 5.49. The molecule has 5 heteroatoms. The number of carboxylic acids is 1. The van der Waals surface area contributed by atoms with E-state index in [0.717, 1.165) is 10.5 Å². The van der Waals surface area contributed by atoms with Crippen molar-refractivity contribution in [1.82, 2.24) is 5.32 Å². The Morgan fingerprint density at radius 1 is 1.42 bits per heavy atom. The predicted molar refractivity (Wildman–Crippen MR) is 74.9 cm³/mol. The van der Waals surface area contributed by atoms with Crippen molar-refractivity contribution >= 4 is 23.6 Å². The first kappa shape index (κ1) is 15.1.